The maximum absolute atomic E-state index is 11.7. The Morgan fingerprint density at radius 3 is 2.13 bits per heavy atom. The average Bonchev–Trinajstić information content (AvgIpc) is 2.26. The Balaban J connectivity index is -0.00000133. The Morgan fingerprint density at radius 1 is 1.09 bits per heavy atom. The van der Waals surface area contributed by atoms with Crippen LogP contribution >= 0.6 is 0 Å². The largest absolute Gasteiger partial charge is 3.00 e. The summed E-state index contributed by atoms with van der Waals surface area (Å²) in [6, 6.07) is 1.22. The number of hydrogen-bond acceptors (Lipinski definition) is 2. The van der Waals surface area contributed by atoms with Crippen molar-refractivity contribution in [3.63, 3.8) is 0 Å². The molecule has 5 heteroatoms. The minimum absolute atomic E-state index is 0. The van der Waals surface area contributed by atoms with E-state index in [0.29, 0.717) is 12.8 Å². The molecule has 23 heavy (non-hydrogen) atoms. The molecule has 0 saturated heterocycles. The van der Waals surface area contributed by atoms with Crippen LogP contribution in [0.2, 0.25) is 0 Å². The van der Waals surface area contributed by atoms with Gasteiger partial charge in [-0.15, -0.1) is 6.42 Å². The fraction of sp³-hybridized carbons (Fsp3) is 0.722. The molecule has 0 aromatic heterocycles. The van der Waals surface area contributed by atoms with E-state index in [-0.39, 0.29) is 59.8 Å². The summed E-state index contributed by atoms with van der Waals surface area (Å²) in [4.78, 5) is 23.5. The number of hydrogen-bond donors (Lipinski definition) is 2. The summed E-state index contributed by atoms with van der Waals surface area (Å²) in [7, 11) is 0. The van der Waals surface area contributed by atoms with Gasteiger partial charge in [-0.05, 0) is 19.3 Å². The van der Waals surface area contributed by atoms with Crippen LogP contribution in [0, 0.1) is 26.3 Å². The number of amides is 2. The molecule has 1 radical (unpaired) electrons. The minimum Gasteiger partial charge on any atom is -0.503 e. The Labute approximate surface area is 158 Å². The maximum atomic E-state index is 11.7. The number of carbonyl (C=O) groups is 2. The van der Waals surface area contributed by atoms with Crippen LogP contribution in [-0.4, -0.2) is 17.9 Å². The van der Waals surface area contributed by atoms with E-state index in [9.17, 15) is 9.59 Å². The van der Waals surface area contributed by atoms with Crippen molar-refractivity contribution in [2.75, 3.05) is 0 Å². The molecule has 1 saturated carbocycles. The van der Waals surface area contributed by atoms with Crippen LogP contribution in [0.4, 0.5) is 0 Å². The third-order valence-electron chi connectivity index (χ3n) is 3.62. The van der Waals surface area contributed by atoms with Crippen molar-refractivity contribution in [2.45, 2.75) is 78.7 Å². The van der Waals surface area contributed by atoms with Gasteiger partial charge in [0.15, 0.2) is 5.91 Å². The van der Waals surface area contributed by atoms with Crippen LogP contribution in [-0.2, 0) is 31.3 Å². The quantitative estimate of drug-likeness (QED) is 0.559. The zero-order valence-corrected chi connectivity index (χ0v) is 17.4. The number of carbonyl (C=O) groups excluding carboxylic acids is 2. The predicted molar refractivity (Wildman–Crippen MR) is 93.6 cm³/mol. The Bertz CT molecular complexity index is 316. The predicted octanol–water partition coefficient (Wildman–Crippen LogP) is 3.83. The van der Waals surface area contributed by atoms with Gasteiger partial charge in [-0.3, -0.25) is 9.59 Å². The zero-order chi connectivity index (χ0) is 15.2. The van der Waals surface area contributed by atoms with Crippen molar-refractivity contribution in [2.24, 2.45) is 5.41 Å². The number of rotatable bonds is 6. The molecule has 1 aliphatic rings. The molecule has 1 unspecified atom stereocenters. The molecule has 133 valence electrons. The molecule has 0 heterocycles. The smallest absolute Gasteiger partial charge is 0.503 e. The van der Waals surface area contributed by atoms with Crippen molar-refractivity contribution >= 4 is 11.8 Å². The van der Waals surface area contributed by atoms with Gasteiger partial charge in [-0.1, -0.05) is 33.1 Å². The Kier molecular flexibility index (Phi) is 15.5. The molecule has 0 spiro atoms. The van der Waals surface area contributed by atoms with E-state index in [1.165, 1.54) is 0 Å². The van der Waals surface area contributed by atoms with Gasteiger partial charge in [0.2, 0.25) is 5.91 Å². The van der Waals surface area contributed by atoms with E-state index in [1.807, 2.05) is 13.8 Å². The van der Waals surface area contributed by atoms with E-state index in [2.05, 4.69) is 24.5 Å². The Hall–Kier alpha value is -0.346. The van der Waals surface area contributed by atoms with E-state index in [1.54, 1.807) is 0 Å². The first kappa shape index (κ1) is 27.5. The first-order valence-electron chi connectivity index (χ1n) is 7.80. The van der Waals surface area contributed by atoms with Crippen molar-refractivity contribution in [3.05, 3.63) is 20.9 Å². The SMILES string of the molecule is CCCC(=O)N[C-]1CC(NC(=O)CCC)CC(C)(C)C1.[CH3-].[CH3-].[Ti+3]. The maximum Gasteiger partial charge on any atom is 3.00 e. The Morgan fingerprint density at radius 2 is 1.61 bits per heavy atom. The molecule has 1 rings (SSSR count). The van der Waals surface area contributed by atoms with Gasteiger partial charge in [0.1, 0.15) is 0 Å². The summed E-state index contributed by atoms with van der Waals surface area (Å²) in [5, 5.41) is 6.14. The third-order valence-corrected chi connectivity index (χ3v) is 3.62. The zero-order valence-electron chi connectivity index (χ0n) is 15.8. The summed E-state index contributed by atoms with van der Waals surface area (Å²) in [5.41, 5.74) is 0.122. The second-order valence-electron chi connectivity index (χ2n) is 6.67. The summed E-state index contributed by atoms with van der Waals surface area (Å²) < 4.78 is 0. The molecule has 4 nitrogen and oxygen atoms in total. The monoisotopic (exact) mass is 359 g/mol. The van der Waals surface area contributed by atoms with E-state index in [0.717, 1.165) is 38.1 Å². The molecule has 1 atom stereocenters. The van der Waals surface area contributed by atoms with Crippen molar-refractivity contribution in [1.82, 2.24) is 10.6 Å². The molecule has 2 N–H and O–H groups in total. The molecule has 1 aliphatic carbocycles. The molecule has 0 aliphatic heterocycles. The second-order valence-corrected chi connectivity index (χ2v) is 6.67. The van der Waals surface area contributed by atoms with Gasteiger partial charge in [0, 0.05) is 18.9 Å². The second kappa shape index (κ2) is 13.0. The van der Waals surface area contributed by atoms with Crippen LogP contribution < -0.4 is 10.6 Å². The molecular formula is C18H35N2O2Ti. The van der Waals surface area contributed by atoms with Crippen molar-refractivity contribution < 1.29 is 31.3 Å². The van der Waals surface area contributed by atoms with Crippen LogP contribution in [0.5, 0.6) is 0 Å². The topological polar surface area (TPSA) is 58.2 Å². The van der Waals surface area contributed by atoms with Gasteiger partial charge in [0.05, 0.1) is 0 Å². The molecule has 0 bridgehead atoms. The third kappa shape index (κ3) is 10.9. The fourth-order valence-electron chi connectivity index (χ4n) is 2.97. The van der Waals surface area contributed by atoms with Gasteiger partial charge in [-0.2, -0.15) is 6.42 Å². The van der Waals surface area contributed by atoms with Crippen molar-refractivity contribution in [3.8, 4) is 0 Å². The minimum atomic E-state index is 0. The van der Waals surface area contributed by atoms with Crippen LogP contribution in [0.3, 0.4) is 0 Å². The van der Waals surface area contributed by atoms with Gasteiger partial charge < -0.3 is 25.5 Å². The summed E-state index contributed by atoms with van der Waals surface area (Å²) in [6.45, 7) is 8.39. The van der Waals surface area contributed by atoms with E-state index < -0.39 is 0 Å². The van der Waals surface area contributed by atoms with E-state index >= 15 is 0 Å². The van der Waals surface area contributed by atoms with Gasteiger partial charge >= 0.3 is 21.7 Å². The van der Waals surface area contributed by atoms with Gasteiger partial charge in [0.25, 0.3) is 0 Å². The molecule has 1 fully saturated rings. The normalized spacial score (nSPS) is 19.4. The summed E-state index contributed by atoms with van der Waals surface area (Å²) in [5.74, 6) is 0.216. The molecular weight excluding hydrogens is 324 g/mol. The van der Waals surface area contributed by atoms with Crippen LogP contribution in [0.25, 0.3) is 0 Å². The number of nitrogens with one attached hydrogen (secondary N) is 2. The standard InChI is InChI=1S/C16H29N2O2.2CH3.Ti/c1-5-7-14(19)17-12-9-13(11-16(3,4)10-12)18-15(20)8-6-2;;;/h12H,5-11H2,1-4H3,(H,17,19)(H,18,20);2*1H3;/q3*-1;+3. The molecule has 0 aromatic carbocycles. The van der Waals surface area contributed by atoms with Crippen LogP contribution in [0.15, 0.2) is 0 Å². The average molecular weight is 359 g/mol. The van der Waals surface area contributed by atoms with Crippen molar-refractivity contribution in [1.29, 1.82) is 0 Å². The van der Waals surface area contributed by atoms with Gasteiger partial charge in [-0.25, -0.2) is 6.04 Å². The fourth-order valence-corrected chi connectivity index (χ4v) is 2.97. The van der Waals surface area contributed by atoms with Crippen LogP contribution in [0.1, 0.15) is 72.6 Å². The summed E-state index contributed by atoms with van der Waals surface area (Å²) in [6.07, 6.45) is 5.52. The van der Waals surface area contributed by atoms with E-state index in [4.69, 9.17) is 0 Å². The molecule has 2 amide bonds. The first-order valence-corrected chi connectivity index (χ1v) is 7.80. The first-order chi connectivity index (χ1) is 9.36. The molecule has 0 aromatic rings. The summed E-state index contributed by atoms with van der Waals surface area (Å²) >= 11 is 0.